The molecule has 74 valence electrons. The lowest BCUT2D eigenvalue weighted by Gasteiger charge is -2.06. The summed E-state index contributed by atoms with van der Waals surface area (Å²) in [6.45, 7) is 0. The summed E-state index contributed by atoms with van der Waals surface area (Å²) in [7, 11) is 0. The number of alkyl halides is 3. The summed E-state index contributed by atoms with van der Waals surface area (Å²) >= 11 is 3.78. The molecule has 0 bridgehead atoms. The van der Waals surface area contributed by atoms with E-state index in [1.54, 1.807) is 0 Å². The molecular weight excluding hydrogens is 211 g/mol. The molecule has 1 aromatic rings. The molecule has 0 atom stereocenters. The van der Waals surface area contributed by atoms with E-state index in [0.29, 0.717) is 0 Å². The van der Waals surface area contributed by atoms with E-state index < -0.39 is 11.7 Å². The van der Waals surface area contributed by atoms with Gasteiger partial charge in [-0.25, -0.2) is 4.98 Å². The van der Waals surface area contributed by atoms with Crippen molar-refractivity contribution in [2.45, 2.75) is 6.18 Å². The maximum atomic E-state index is 12.3. The maximum Gasteiger partial charge on any atom is 0.419 e. The van der Waals surface area contributed by atoms with Gasteiger partial charge in [-0.05, 0) is 18.1 Å². The van der Waals surface area contributed by atoms with Crippen molar-refractivity contribution < 1.29 is 13.2 Å². The van der Waals surface area contributed by atoms with Gasteiger partial charge < -0.3 is 0 Å². The first-order chi connectivity index (χ1) is 6.55. The Kier molecular flexibility index (Phi) is 3.42. The average Bonchev–Trinajstić information content (AvgIpc) is 2.14. The summed E-state index contributed by atoms with van der Waals surface area (Å²) in [5, 5.41) is 0. The van der Waals surface area contributed by atoms with E-state index in [1.165, 1.54) is 12.3 Å². The van der Waals surface area contributed by atoms with Gasteiger partial charge in [0.25, 0.3) is 0 Å². The normalized spacial score (nSPS) is 10.6. The molecule has 0 radical (unpaired) electrons. The van der Waals surface area contributed by atoms with Crippen LogP contribution in [-0.4, -0.2) is 10.7 Å². The quantitative estimate of drug-likeness (QED) is 0.520. The predicted octanol–water partition coefficient (Wildman–Crippen LogP) is 2.38. The molecule has 1 heterocycles. The third-order valence-corrected chi connectivity index (χ3v) is 1.56. The highest BCUT2D eigenvalue weighted by Gasteiger charge is 2.33. The third kappa shape index (κ3) is 2.67. The molecule has 0 spiro atoms. The Bertz CT molecular complexity index is 376. The van der Waals surface area contributed by atoms with E-state index in [4.69, 9.17) is 0 Å². The molecule has 0 saturated heterocycles. The highest BCUT2D eigenvalue weighted by molar-refractivity contribution is 7.80. The van der Waals surface area contributed by atoms with Crippen LogP contribution in [0.5, 0.6) is 0 Å². The Morgan fingerprint density at radius 1 is 1.43 bits per heavy atom. The fraction of sp³-hybridized carbons (Fsp3) is 0.222. The first-order valence-corrected chi connectivity index (χ1v) is 4.31. The third-order valence-electron chi connectivity index (χ3n) is 1.40. The van der Waals surface area contributed by atoms with Crippen LogP contribution >= 0.6 is 12.6 Å². The Hall–Kier alpha value is -1.15. The lowest BCUT2D eigenvalue weighted by atomic mass is 10.2. The van der Waals surface area contributed by atoms with Crippen LogP contribution in [0.25, 0.3) is 0 Å². The number of nitrogens with zero attached hydrogens (tertiary/aromatic N) is 1. The molecule has 1 nitrogen and oxygen atoms in total. The molecule has 0 unspecified atom stereocenters. The van der Waals surface area contributed by atoms with Gasteiger partial charge in [-0.3, -0.25) is 0 Å². The fourth-order valence-corrected chi connectivity index (χ4v) is 0.936. The Morgan fingerprint density at radius 3 is 2.71 bits per heavy atom. The van der Waals surface area contributed by atoms with Gasteiger partial charge in [-0.2, -0.15) is 25.8 Å². The van der Waals surface area contributed by atoms with E-state index in [9.17, 15) is 13.2 Å². The molecule has 0 amide bonds. The first kappa shape index (κ1) is 10.9. The molecule has 0 aliphatic heterocycles. The van der Waals surface area contributed by atoms with Crippen LogP contribution in [0.15, 0.2) is 18.3 Å². The van der Waals surface area contributed by atoms with E-state index in [1.807, 2.05) is 0 Å². The summed E-state index contributed by atoms with van der Waals surface area (Å²) in [6, 6.07) is 2.18. The van der Waals surface area contributed by atoms with Crippen LogP contribution in [0.3, 0.4) is 0 Å². The highest BCUT2D eigenvalue weighted by atomic mass is 32.1. The average molecular weight is 217 g/mol. The van der Waals surface area contributed by atoms with Crippen LogP contribution in [0, 0.1) is 11.8 Å². The minimum absolute atomic E-state index is 0.202. The monoisotopic (exact) mass is 217 g/mol. The van der Waals surface area contributed by atoms with Crippen LogP contribution in [-0.2, 0) is 6.18 Å². The van der Waals surface area contributed by atoms with Crippen molar-refractivity contribution >= 4 is 12.6 Å². The van der Waals surface area contributed by atoms with Gasteiger partial charge in [0.15, 0.2) is 0 Å². The van der Waals surface area contributed by atoms with Crippen molar-refractivity contribution in [2.75, 3.05) is 5.75 Å². The van der Waals surface area contributed by atoms with E-state index in [0.717, 1.165) is 6.07 Å². The molecule has 14 heavy (non-hydrogen) atoms. The van der Waals surface area contributed by atoms with Crippen molar-refractivity contribution in [3.8, 4) is 11.8 Å². The molecule has 0 aromatic carbocycles. The predicted molar refractivity (Wildman–Crippen MR) is 50.0 cm³/mol. The van der Waals surface area contributed by atoms with E-state index in [-0.39, 0.29) is 11.4 Å². The fourth-order valence-electron chi connectivity index (χ4n) is 0.857. The van der Waals surface area contributed by atoms with Crippen molar-refractivity contribution in [1.82, 2.24) is 4.98 Å². The van der Waals surface area contributed by atoms with Crippen molar-refractivity contribution in [1.29, 1.82) is 0 Å². The maximum absolute atomic E-state index is 12.3. The summed E-state index contributed by atoms with van der Waals surface area (Å²) in [5.74, 6) is 4.94. The van der Waals surface area contributed by atoms with Gasteiger partial charge in [0.2, 0.25) is 0 Å². The smallest absolute Gasteiger partial charge is 0.247 e. The van der Waals surface area contributed by atoms with Crippen molar-refractivity contribution in [2.24, 2.45) is 0 Å². The lowest BCUT2D eigenvalue weighted by Crippen LogP contribution is -2.08. The molecule has 0 saturated carbocycles. The number of halogens is 3. The number of hydrogen-bond donors (Lipinski definition) is 1. The number of rotatable bonds is 0. The molecular formula is C9H6F3NS. The van der Waals surface area contributed by atoms with Crippen LogP contribution in [0.2, 0.25) is 0 Å². The summed E-state index contributed by atoms with van der Waals surface area (Å²) in [5.41, 5.74) is -1.07. The van der Waals surface area contributed by atoms with Crippen molar-refractivity contribution in [3.05, 3.63) is 29.6 Å². The van der Waals surface area contributed by atoms with Crippen molar-refractivity contribution in [3.63, 3.8) is 0 Å². The molecule has 1 rings (SSSR count). The summed E-state index contributed by atoms with van der Waals surface area (Å²) in [6.07, 6.45) is -3.13. The number of hydrogen-bond acceptors (Lipinski definition) is 2. The summed E-state index contributed by atoms with van der Waals surface area (Å²) in [4.78, 5) is 3.56. The minimum Gasteiger partial charge on any atom is -0.247 e. The van der Waals surface area contributed by atoms with Gasteiger partial charge >= 0.3 is 6.18 Å². The second-order valence-electron chi connectivity index (χ2n) is 2.36. The highest BCUT2D eigenvalue weighted by Crippen LogP contribution is 2.30. The van der Waals surface area contributed by atoms with Crippen LogP contribution in [0.4, 0.5) is 13.2 Å². The second kappa shape index (κ2) is 4.38. The van der Waals surface area contributed by atoms with Gasteiger partial charge in [-0.1, -0.05) is 5.92 Å². The Balaban J connectivity index is 3.16. The first-order valence-electron chi connectivity index (χ1n) is 3.67. The number of aromatic nitrogens is 1. The molecule has 0 N–H and O–H groups in total. The molecule has 0 fully saturated rings. The van der Waals surface area contributed by atoms with E-state index in [2.05, 4.69) is 29.5 Å². The zero-order chi connectivity index (χ0) is 10.6. The Morgan fingerprint density at radius 2 is 2.14 bits per heavy atom. The van der Waals surface area contributed by atoms with E-state index >= 15 is 0 Å². The SMILES string of the molecule is FC(F)(F)c1cccnc1C#CCS. The lowest BCUT2D eigenvalue weighted by molar-refractivity contribution is -0.138. The number of thiol groups is 1. The van der Waals surface area contributed by atoms with Gasteiger partial charge in [0, 0.05) is 6.20 Å². The summed E-state index contributed by atoms with van der Waals surface area (Å²) < 4.78 is 37.0. The van der Waals surface area contributed by atoms with Gasteiger partial charge in [-0.15, -0.1) is 0 Å². The van der Waals surface area contributed by atoms with Crippen LogP contribution < -0.4 is 0 Å². The van der Waals surface area contributed by atoms with Gasteiger partial charge in [0.1, 0.15) is 5.69 Å². The standard InChI is InChI=1S/C9H6F3NS/c10-9(11,12)7-3-1-5-13-8(7)4-2-6-14/h1,3,5,14H,6H2. The van der Waals surface area contributed by atoms with Crippen LogP contribution in [0.1, 0.15) is 11.3 Å². The zero-order valence-electron chi connectivity index (χ0n) is 6.97. The molecule has 5 heteroatoms. The molecule has 0 aliphatic carbocycles. The number of pyridine rings is 1. The second-order valence-corrected chi connectivity index (χ2v) is 2.67. The minimum atomic E-state index is -4.41. The molecule has 0 aliphatic rings. The van der Waals surface area contributed by atoms with Gasteiger partial charge in [0.05, 0.1) is 11.3 Å². The molecule has 1 aromatic heterocycles. The largest absolute Gasteiger partial charge is 0.419 e. The zero-order valence-corrected chi connectivity index (χ0v) is 7.86. The Labute approximate surface area is 84.8 Å². The topological polar surface area (TPSA) is 12.9 Å².